The minimum absolute atomic E-state index is 0.0165. The van der Waals surface area contributed by atoms with Crippen LogP contribution >= 0.6 is 11.3 Å². The summed E-state index contributed by atoms with van der Waals surface area (Å²) in [6, 6.07) is 13.3. The van der Waals surface area contributed by atoms with Crippen molar-refractivity contribution in [3.63, 3.8) is 0 Å². The number of nitrogens with one attached hydrogen (secondary N) is 2. The molecule has 3 rings (SSSR count). The van der Waals surface area contributed by atoms with Gasteiger partial charge in [-0.15, -0.1) is 16.4 Å². The van der Waals surface area contributed by atoms with E-state index in [0.29, 0.717) is 11.3 Å². The third-order valence-corrected chi connectivity index (χ3v) is 5.38. The molecule has 1 heterocycles. The van der Waals surface area contributed by atoms with E-state index in [1.807, 2.05) is 6.07 Å². The van der Waals surface area contributed by atoms with Gasteiger partial charge < -0.3 is 32.3 Å². The van der Waals surface area contributed by atoms with Gasteiger partial charge in [-0.2, -0.15) is 5.26 Å². The number of hydrazone groups is 1. The molecule has 14 nitrogen and oxygen atoms in total. The minimum Gasteiger partial charge on any atom is -0.859 e. The Morgan fingerprint density at radius 1 is 1.26 bits per heavy atom. The number of nitro groups is 1. The molecule has 7 N–H and O–H groups in total. The lowest BCUT2D eigenvalue weighted by molar-refractivity contribution is -0.384. The molecule has 0 spiro atoms. The SMILES string of the molecule is N#CC(C(NN=C(N)N)=C([O-])Nc1ccccc1[N+](=O)[O-])c1nc(-c2ccc(N([O-])O)cc2)cs1. The second kappa shape index (κ2) is 10.8. The third-order valence-electron chi connectivity index (χ3n) is 4.47. The van der Waals surface area contributed by atoms with E-state index >= 15 is 0 Å². The maximum absolute atomic E-state index is 13.0. The summed E-state index contributed by atoms with van der Waals surface area (Å²) >= 11 is 1.07. The van der Waals surface area contributed by atoms with Crippen molar-refractivity contribution in [2.75, 3.05) is 10.5 Å². The molecule has 1 unspecified atom stereocenters. The van der Waals surface area contributed by atoms with Gasteiger partial charge in [-0.1, -0.05) is 24.3 Å². The Morgan fingerprint density at radius 2 is 1.94 bits per heavy atom. The normalized spacial score (nSPS) is 12.0. The number of nitriles is 1. The number of nitrogens with two attached hydrogens (primary N) is 2. The molecule has 0 saturated carbocycles. The van der Waals surface area contributed by atoms with Crippen molar-refractivity contribution >= 4 is 34.4 Å². The second-order valence-electron chi connectivity index (χ2n) is 6.74. The van der Waals surface area contributed by atoms with Crippen LogP contribution < -0.4 is 32.5 Å². The molecule has 0 aliphatic carbocycles. The fraction of sp³-hybridized carbons (Fsp3) is 0.0500. The first-order valence-corrected chi connectivity index (χ1v) is 10.5. The molecule has 0 fully saturated rings. The van der Waals surface area contributed by atoms with Crippen molar-refractivity contribution in [2.24, 2.45) is 16.6 Å². The Kier molecular flexibility index (Phi) is 7.63. The number of guanidine groups is 1. The second-order valence-corrected chi connectivity index (χ2v) is 7.63. The number of thiazole rings is 1. The number of hydrogen-bond acceptors (Lipinski definition) is 12. The average Bonchev–Trinajstić information content (AvgIpc) is 3.31. The molecule has 0 aliphatic rings. The Balaban J connectivity index is 1.99. The quantitative estimate of drug-likeness (QED) is 0.0931. The predicted octanol–water partition coefficient (Wildman–Crippen LogP) is 1.44. The molecular weight excluding hydrogens is 478 g/mol. The maximum Gasteiger partial charge on any atom is 0.292 e. The molecule has 0 radical (unpaired) electrons. The van der Waals surface area contributed by atoms with Crippen molar-refractivity contribution in [1.82, 2.24) is 10.4 Å². The monoisotopic (exact) mass is 495 g/mol. The zero-order valence-electron chi connectivity index (χ0n) is 17.7. The fourth-order valence-corrected chi connectivity index (χ4v) is 3.73. The first-order valence-electron chi connectivity index (χ1n) is 9.59. The van der Waals surface area contributed by atoms with E-state index in [4.69, 9.17) is 16.7 Å². The van der Waals surface area contributed by atoms with E-state index in [1.165, 1.54) is 36.4 Å². The van der Waals surface area contributed by atoms with E-state index < -0.39 is 22.7 Å². The lowest BCUT2D eigenvalue weighted by atomic mass is 10.1. The van der Waals surface area contributed by atoms with Crippen LogP contribution in [0.1, 0.15) is 10.9 Å². The van der Waals surface area contributed by atoms with Crippen molar-refractivity contribution in [2.45, 2.75) is 5.92 Å². The fourth-order valence-electron chi connectivity index (χ4n) is 2.86. The number of anilines is 2. The van der Waals surface area contributed by atoms with Crippen LogP contribution in [-0.4, -0.2) is 21.1 Å². The van der Waals surface area contributed by atoms with Gasteiger partial charge in [-0.05, 0) is 24.1 Å². The summed E-state index contributed by atoms with van der Waals surface area (Å²) in [5, 5.41) is 61.6. The molecule has 0 amide bonds. The number of benzene rings is 2. The molecule has 0 aliphatic heterocycles. The van der Waals surface area contributed by atoms with E-state index in [9.17, 15) is 25.7 Å². The van der Waals surface area contributed by atoms with Gasteiger partial charge >= 0.3 is 0 Å². The van der Waals surface area contributed by atoms with Gasteiger partial charge in [0.2, 0.25) is 5.96 Å². The molecular formula is C20H17N9O5S-2. The van der Waals surface area contributed by atoms with Crippen LogP contribution in [0.25, 0.3) is 11.3 Å². The van der Waals surface area contributed by atoms with Crippen molar-refractivity contribution in [3.8, 4) is 17.3 Å². The molecule has 35 heavy (non-hydrogen) atoms. The zero-order chi connectivity index (χ0) is 25.5. The van der Waals surface area contributed by atoms with Crippen molar-refractivity contribution < 1.29 is 15.2 Å². The predicted molar refractivity (Wildman–Crippen MR) is 126 cm³/mol. The lowest BCUT2D eigenvalue weighted by Crippen LogP contribution is -2.30. The summed E-state index contributed by atoms with van der Waals surface area (Å²) in [6.07, 6.45) is 0. The van der Waals surface area contributed by atoms with Crippen molar-refractivity contribution in [3.05, 3.63) is 85.8 Å². The van der Waals surface area contributed by atoms with Gasteiger partial charge in [0, 0.05) is 17.0 Å². The highest BCUT2D eigenvalue weighted by atomic mass is 32.1. The van der Waals surface area contributed by atoms with Crippen LogP contribution in [0.3, 0.4) is 0 Å². The number of hydrogen-bond donors (Lipinski definition) is 5. The first-order chi connectivity index (χ1) is 16.7. The smallest absolute Gasteiger partial charge is 0.292 e. The summed E-state index contributed by atoms with van der Waals surface area (Å²) in [7, 11) is 0. The molecule has 1 atom stereocenters. The molecule has 1 aromatic heterocycles. The largest absolute Gasteiger partial charge is 0.859 e. The van der Waals surface area contributed by atoms with Gasteiger partial charge in [0.1, 0.15) is 16.6 Å². The van der Waals surface area contributed by atoms with E-state index in [2.05, 4.69) is 20.8 Å². The van der Waals surface area contributed by atoms with Gasteiger partial charge in [0.25, 0.3) is 5.69 Å². The highest BCUT2D eigenvalue weighted by Gasteiger charge is 2.23. The Hall–Kier alpha value is -4.91. The van der Waals surface area contributed by atoms with E-state index in [-0.39, 0.29) is 33.0 Å². The lowest BCUT2D eigenvalue weighted by Gasteiger charge is -2.23. The van der Waals surface area contributed by atoms with Crippen molar-refractivity contribution in [1.29, 1.82) is 5.26 Å². The zero-order valence-corrected chi connectivity index (χ0v) is 18.5. The van der Waals surface area contributed by atoms with Crippen LogP contribution in [0.15, 0.2) is 70.6 Å². The minimum atomic E-state index is -1.27. The number of aromatic nitrogens is 1. The van der Waals surface area contributed by atoms with E-state index in [1.54, 1.807) is 17.5 Å². The van der Waals surface area contributed by atoms with Gasteiger partial charge in [0.15, 0.2) is 0 Å². The van der Waals surface area contributed by atoms with E-state index in [0.717, 1.165) is 11.3 Å². The van der Waals surface area contributed by atoms with Crippen LogP contribution in [0.4, 0.5) is 17.1 Å². The van der Waals surface area contributed by atoms with Crippen LogP contribution in [0.5, 0.6) is 0 Å². The van der Waals surface area contributed by atoms with Crippen LogP contribution in [0.2, 0.25) is 0 Å². The third kappa shape index (κ3) is 5.91. The van der Waals surface area contributed by atoms with Gasteiger partial charge in [-0.25, -0.2) is 4.98 Å². The highest BCUT2D eigenvalue weighted by Crippen LogP contribution is 2.32. The highest BCUT2D eigenvalue weighted by molar-refractivity contribution is 7.10. The average molecular weight is 495 g/mol. The van der Waals surface area contributed by atoms with Crippen LogP contribution in [0, 0.1) is 26.7 Å². The Morgan fingerprint density at radius 3 is 2.54 bits per heavy atom. The summed E-state index contributed by atoms with van der Waals surface area (Å²) in [5.41, 5.74) is 13.3. The molecule has 3 aromatic rings. The number of allylic oxidation sites excluding steroid dienone is 1. The Bertz CT molecular complexity index is 1310. The van der Waals surface area contributed by atoms with Gasteiger partial charge in [0.05, 0.1) is 28.1 Å². The maximum atomic E-state index is 13.0. The Labute approximate surface area is 201 Å². The molecule has 2 aromatic carbocycles. The topological polar surface area (TPSA) is 238 Å². The standard InChI is InChI=1S/C20H18N9O5S/c21-9-13(19-25-15(10-35-19)11-5-7-12(8-6-11)28(31)32)17(26-27-20(22)23)18(30)24-14-3-1-2-4-16(14)29(33)34/h1-8,10,13,24,26,30-31H,(H4,22,23,27)/q-1/p-1. The molecule has 15 heteroatoms. The van der Waals surface area contributed by atoms with Gasteiger partial charge in [-0.3, -0.25) is 20.7 Å². The summed E-state index contributed by atoms with van der Waals surface area (Å²) in [6.45, 7) is 0. The molecule has 0 bridgehead atoms. The summed E-state index contributed by atoms with van der Waals surface area (Å²) in [4.78, 5) is 15.0. The number of nitro benzene ring substituents is 1. The molecule has 0 saturated heterocycles. The number of nitrogens with zero attached hydrogens (tertiary/aromatic N) is 5. The molecule has 180 valence electrons. The number of para-hydroxylation sites is 2. The number of rotatable bonds is 9. The summed E-state index contributed by atoms with van der Waals surface area (Å²) in [5.74, 6) is -2.59. The summed E-state index contributed by atoms with van der Waals surface area (Å²) < 4.78 is 0. The first kappa shape index (κ1) is 24.7. The van der Waals surface area contributed by atoms with Crippen LogP contribution in [-0.2, 0) is 0 Å².